The fourth-order valence-electron chi connectivity index (χ4n) is 2.40. The number of rotatable bonds is 4. The molecule has 1 atom stereocenters. The number of nitrogens with zero attached hydrogens (tertiary/aromatic N) is 2. The van der Waals surface area contributed by atoms with Crippen molar-refractivity contribution in [2.45, 2.75) is 6.42 Å². The molecule has 1 heterocycles. The molecule has 8 nitrogen and oxygen atoms in total. The van der Waals surface area contributed by atoms with Gasteiger partial charge in [0.2, 0.25) is 15.9 Å². The van der Waals surface area contributed by atoms with Crippen molar-refractivity contribution in [2.75, 3.05) is 17.2 Å². The van der Waals surface area contributed by atoms with E-state index in [1.165, 1.54) is 0 Å². The Labute approximate surface area is 123 Å². The number of primary sulfonamides is 1. The maximum absolute atomic E-state index is 13.9. The number of halogens is 2. The molecule has 120 valence electrons. The van der Waals surface area contributed by atoms with E-state index in [0.717, 1.165) is 4.90 Å². The van der Waals surface area contributed by atoms with Crippen LogP contribution in [0.5, 0.6) is 0 Å². The maximum atomic E-state index is 13.9. The smallest absolute Gasteiger partial charge is 0.298 e. The Morgan fingerprint density at radius 2 is 2.05 bits per heavy atom. The minimum atomic E-state index is -3.85. The molecule has 1 aliphatic rings. The summed E-state index contributed by atoms with van der Waals surface area (Å²) in [5, 5.41) is 15.8. The average molecular weight is 335 g/mol. The molecule has 11 heteroatoms. The molecule has 1 fully saturated rings. The van der Waals surface area contributed by atoms with Crippen molar-refractivity contribution < 1.29 is 26.9 Å². The minimum Gasteiger partial charge on any atom is -0.304 e. The van der Waals surface area contributed by atoms with Gasteiger partial charge in [-0.2, -0.15) is 0 Å². The molecule has 0 radical (unpaired) electrons. The van der Waals surface area contributed by atoms with E-state index in [1.807, 2.05) is 0 Å². The molecule has 2 rings (SSSR count). The van der Waals surface area contributed by atoms with Crippen LogP contribution in [0.4, 0.5) is 20.2 Å². The van der Waals surface area contributed by atoms with Gasteiger partial charge in [-0.25, -0.2) is 22.3 Å². The van der Waals surface area contributed by atoms with Gasteiger partial charge in [-0.1, -0.05) is 0 Å². The molecule has 1 aromatic carbocycles. The largest absolute Gasteiger partial charge is 0.304 e. The van der Waals surface area contributed by atoms with Gasteiger partial charge in [0.05, 0.1) is 16.7 Å². The van der Waals surface area contributed by atoms with Crippen LogP contribution in [0.1, 0.15) is 6.42 Å². The van der Waals surface area contributed by atoms with Crippen LogP contribution in [0.2, 0.25) is 0 Å². The zero-order valence-electron chi connectivity index (χ0n) is 11.0. The Kier molecular flexibility index (Phi) is 4.11. The standard InChI is InChI=1S/C11H11F2N3O5S/c12-7-2-8(13)11(9(3-7)16(18)19)15-4-6(1-10(15)17)5-22(14,20)21/h2-3,6H,1,4-5H2,(H2,14,20,21). The van der Waals surface area contributed by atoms with Crippen LogP contribution in [0, 0.1) is 27.7 Å². The molecule has 1 saturated heterocycles. The molecule has 0 aromatic heterocycles. The van der Waals surface area contributed by atoms with E-state index >= 15 is 0 Å². The van der Waals surface area contributed by atoms with Crippen molar-refractivity contribution in [1.29, 1.82) is 0 Å². The molecule has 1 aromatic rings. The Morgan fingerprint density at radius 1 is 1.41 bits per heavy atom. The topological polar surface area (TPSA) is 124 Å². The molecule has 22 heavy (non-hydrogen) atoms. The third-order valence-corrected chi connectivity index (χ3v) is 4.08. The number of nitro groups is 1. The van der Waals surface area contributed by atoms with Crippen molar-refractivity contribution in [1.82, 2.24) is 0 Å². The zero-order chi connectivity index (χ0) is 16.7. The first-order valence-corrected chi connectivity index (χ1v) is 7.74. The summed E-state index contributed by atoms with van der Waals surface area (Å²) in [4.78, 5) is 22.5. The Morgan fingerprint density at radius 3 is 2.59 bits per heavy atom. The predicted molar refractivity (Wildman–Crippen MR) is 71.4 cm³/mol. The summed E-state index contributed by atoms with van der Waals surface area (Å²) in [5.74, 6) is -4.34. The van der Waals surface area contributed by atoms with Crippen molar-refractivity contribution in [3.63, 3.8) is 0 Å². The number of nitrogens with two attached hydrogens (primary N) is 1. The van der Waals surface area contributed by atoms with Gasteiger partial charge in [-0.3, -0.25) is 14.9 Å². The SMILES string of the molecule is NS(=O)(=O)CC1CC(=O)N(c2c(F)cc(F)cc2[N+](=O)[O-])C1. The lowest BCUT2D eigenvalue weighted by Crippen LogP contribution is -2.28. The summed E-state index contributed by atoms with van der Waals surface area (Å²) in [6, 6.07) is 0.918. The van der Waals surface area contributed by atoms with Crippen molar-refractivity contribution in [3.8, 4) is 0 Å². The van der Waals surface area contributed by atoms with Crippen LogP contribution < -0.4 is 10.0 Å². The number of nitro benzene ring substituents is 1. The monoisotopic (exact) mass is 335 g/mol. The van der Waals surface area contributed by atoms with Gasteiger partial charge in [-0.15, -0.1) is 0 Å². The lowest BCUT2D eigenvalue weighted by molar-refractivity contribution is -0.384. The van der Waals surface area contributed by atoms with Gasteiger partial charge >= 0.3 is 0 Å². The first-order chi connectivity index (χ1) is 10.1. The summed E-state index contributed by atoms with van der Waals surface area (Å²) in [6.45, 7) is -0.251. The fourth-order valence-corrected chi connectivity index (χ4v) is 3.28. The van der Waals surface area contributed by atoms with Gasteiger partial charge < -0.3 is 4.90 Å². The Hall–Kier alpha value is -2.14. The first kappa shape index (κ1) is 16.2. The normalized spacial score (nSPS) is 18.8. The third-order valence-electron chi connectivity index (χ3n) is 3.15. The highest BCUT2D eigenvalue weighted by Crippen LogP contribution is 2.36. The lowest BCUT2D eigenvalue weighted by atomic mass is 10.1. The molecule has 1 amide bonds. The molecule has 1 aliphatic heterocycles. The van der Waals surface area contributed by atoms with Crippen LogP contribution in [0.3, 0.4) is 0 Å². The highest BCUT2D eigenvalue weighted by atomic mass is 32.2. The number of carbonyl (C=O) groups is 1. The second-order valence-corrected chi connectivity index (χ2v) is 6.58. The summed E-state index contributed by atoms with van der Waals surface area (Å²) in [6.07, 6.45) is -0.246. The molecule has 0 spiro atoms. The fraction of sp³-hybridized carbons (Fsp3) is 0.364. The van der Waals surface area contributed by atoms with Crippen LogP contribution in [-0.2, 0) is 14.8 Å². The molecular weight excluding hydrogens is 324 g/mol. The number of amides is 1. The third kappa shape index (κ3) is 3.36. The van der Waals surface area contributed by atoms with Crippen LogP contribution in [0.15, 0.2) is 12.1 Å². The van der Waals surface area contributed by atoms with Crippen molar-refractivity contribution in [3.05, 3.63) is 33.9 Å². The van der Waals surface area contributed by atoms with Gasteiger partial charge in [0.15, 0.2) is 11.5 Å². The number of carbonyl (C=O) groups excluding carboxylic acids is 1. The van der Waals surface area contributed by atoms with Gasteiger partial charge in [0.25, 0.3) is 5.69 Å². The van der Waals surface area contributed by atoms with E-state index in [4.69, 9.17) is 5.14 Å². The Bertz CT molecular complexity index is 752. The average Bonchev–Trinajstić information content (AvgIpc) is 2.66. The van der Waals surface area contributed by atoms with Crippen LogP contribution >= 0.6 is 0 Å². The predicted octanol–water partition coefficient (Wildman–Crippen LogP) is 0.514. The summed E-state index contributed by atoms with van der Waals surface area (Å²) < 4.78 is 49.1. The zero-order valence-corrected chi connectivity index (χ0v) is 11.8. The van der Waals surface area contributed by atoms with Gasteiger partial charge in [0, 0.05) is 24.9 Å². The Balaban J connectivity index is 2.40. The minimum absolute atomic E-state index is 0.246. The highest BCUT2D eigenvalue weighted by Gasteiger charge is 2.38. The summed E-state index contributed by atoms with van der Waals surface area (Å²) in [5.41, 5.74) is -1.57. The quantitative estimate of drug-likeness (QED) is 0.634. The molecular formula is C11H11F2N3O5S. The van der Waals surface area contributed by atoms with E-state index in [2.05, 4.69) is 0 Å². The van der Waals surface area contributed by atoms with E-state index < -0.39 is 55.5 Å². The van der Waals surface area contributed by atoms with E-state index in [-0.39, 0.29) is 13.0 Å². The second-order valence-electron chi connectivity index (χ2n) is 4.92. The summed E-state index contributed by atoms with van der Waals surface area (Å²) >= 11 is 0. The maximum Gasteiger partial charge on any atom is 0.298 e. The number of hydrogen-bond acceptors (Lipinski definition) is 5. The highest BCUT2D eigenvalue weighted by molar-refractivity contribution is 7.89. The molecule has 0 bridgehead atoms. The number of sulfonamides is 1. The van der Waals surface area contributed by atoms with Crippen LogP contribution in [-0.4, -0.2) is 31.5 Å². The van der Waals surface area contributed by atoms with Crippen molar-refractivity contribution in [2.24, 2.45) is 11.1 Å². The molecule has 0 saturated carbocycles. The van der Waals surface area contributed by atoms with Gasteiger partial charge in [-0.05, 0) is 0 Å². The lowest BCUT2D eigenvalue weighted by Gasteiger charge is -2.17. The number of hydrogen-bond donors (Lipinski definition) is 1. The molecule has 1 unspecified atom stereocenters. The molecule has 0 aliphatic carbocycles. The number of anilines is 1. The number of benzene rings is 1. The molecule has 2 N–H and O–H groups in total. The summed E-state index contributed by atoms with van der Waals surface area (Å²) in [7, 11) is -3.85. The second kappa shape index (κ2) is 5.57. The first-order valence-electron chi connectivity index (χ1n) is 6.02. The van der Waals surface area contributed by atoms with E-state index in [1.54, 1.807) is 0 Å². The van der Waals surface area contributed by atoms with Crippen molar-refractivity contribution >= 4 is 27.3 Å². The van der Waals surface area contributed by atoms with Crippen LogP contribution in [0.25, 0.3) is 0 Å². The van der Waals surface area contributed by atoms with E-state index in [0.29, 0.717) is 12.1 Å². The van der Waals surface area contributed by atoms with E-state index in [9.17, 15) is 32.1 Å². The van der Waals surface area contributed by atoms with Gasteiger partial charge in [0.1, 0.15) is 5.82 Å².